The molecule has 0 radical (unpaired) electrons. The maximum Gasteiger partial charge on any atom is 0.270 e. The Balaban J connectivity index is 1.47. The first kappa shape index (κ1) is 17.1. The van der Waals surface area contributed by atoms with Crippen LogP contribution in [0.3, 0.4) is 0 Å². The third-order valence-corrected chi connectivity index (χ3v) is 5.32. The van der Waals surface area contributed by atoms with Gasteiger partial charge in [-0.05, 0) is 40.9 Å². The van der Waals surface area contributed by atoms with Gasteiger partial charge in [0.15, 0.2) is 0 Å². The van der Waals surface area contributed by atoms with Gasteiger partial charge >= 0.3 is 0 Å². The Labute approximate surface area is 157 Å². The molecule has 1 unspecified atom stereocenters. The standard InChI is InChI=1S/C18H17BrFN3O3/c19-12-6-11-15(9-26-16(11)7-13(12)20)22-17(24)10-5-14(21-8-10)18(25)23-3-1-2-4-23/h5-8,15,21H,1-4,9H2,(H,22,24). The number of likely N-dealkylation sites (tertiary alicyclic amines) is 1. The average Bonchev–Trinajstić information content (AvgIpc) is 3.36. The van der Waals surface area contributed by atoms with Crippen molar-refractivity contribution in [3.05, 3.63) is 51.5 Å². The number of H-pyrrole nitrogens is 1. The van der Waals surface area contributed by atoms with E-state index in [0.717, 1.165) is 31.5 Å². The summed E-state index contributed by atoms with van der Waals surface area (Å²) in [5.74, 6) is -0.388. The highest BCUT2D eigenvalue weighted by molar-refractivity contribution is 9.10. The van der Waals surface area contributed by atoms with Crippen LogP contribution in [0, 0.1) is 5.82 Å². The van der Waals surface area contributed by atoms with E-state index in [-0.39, 0.29) is 24.5 Å². The summed E-state index contributed by atoms with van der Waals surface area (Å²) in [6.45, 7) is 1.74. The van der Waals surface area contributed by atoms with Gasteiger partial charge in [0, 0.05) is 30.9 Å². The molecule has 2 aliphatic rings. The number of hydrogen-bond donors (Lipinski definition) is 2. The molecule has 0 bridgehead atoms. The average molecular weight is 422 g/mol. The fraction of sp³-hybridized carbons (Fsp3) is 0.333. The van der Waals surface area contributed by atoms with Gasteiger partial charge in [-0.3, -0.25) is 9.59 Å². The number of hydrogen-bond acceptors (Lipinski definition) is 3. The summed E-state index contributed by atoms with van der Waals surface area (Å²) in [7, 11) is 0. The van der Waals surface area contributed by atoms with E-state index in [1.165, 1.54) is 12.3 Å². The zero-order valence-electron chi connectivity index (χ0n) is 13.9. The Hall–Kier alpha value is -2.35. The predicted molar refractivity (Wildman–Crippen MR) is 95.7 cm³/mol. The van der Waals surface area contributed by atoms with Crippen molar-refractivity contribution in [3.63, 3.8) is 0 Å². The van der Waals surface area contributed by atoms with Crippen LogP contribution >= 0.6 is 15.9 Å². The third-order valence-electron chi connectivity index (χ3n) is 4.71. The highest BCUT2D eigenvalue weighted by Gasteiger charge is 2.28. The zero-order valence-corrected chi connectivity index (χ0v) is 15.4. The molecule has 1 fully saturated rings. The SMILES string of the molecule is O=C(NC1COc2cc(F)c(Br)cc21)c1c[nH]c(C(=O)N2CCCC2)c1. The van der Waals surface area contributed by atoms with E-state index in [4.69, 9.17) is 4.74 Å². The maximum atomic E-state index is 13.6. The van der Waals surface area contributed by atoms with E-state index >= 15 is 0 Å². The normalized spacial score (nSPS) is 18.5. The molecule has 2 aromatic rings. The van der Waals surface area contributed by atoms with E-state index in [1.54, 1.807) is 17.0 Å². The quantitative estimate of drug-likeness (QED) is 0.799. The number of nitrogens with one attached hydrogen (secondary N) is 2. The molecular weight excluding hydrogens is 405 g/mol. The summed E-state index contributed by atoms with van der Waals surface area (Å²) in [6.07, 6.45) is 3.55. The van der Waals surface area contributed by atoms with Gasteiger partial charge in [0.2, 0.25) is 0 Å². The first-order valence-electron chi connectivity index (χ1n) is 8.43. The number of amides is 2. The van der Waals surface area contributed by atoms with Gasteiger partial charge in [-0.15, -0.1) is 0 Å². The van der Waals surface area contributed by atoms with E-state index in [2.05, 4.69) is 26.2 Å². The Kier molecular flexibility index (Phi) is 4.44. The Morgan fingerprint density at radius 1 is 1.27 bits per heavy atom. The van der Waals surface area contributed by atoms with E-state index in [0.29, 0.717) is 21.5 Å². The summed E-state index contributed by atoms with van der Waals surface area (Å²) < 4.78 is 19.4. The summed E-state index contributed by atoms with van der Waals surface area (Å²) in [5.41, 5.74) is 1.50. The van der Waals surface area contributed by atoms with Crippen LogP contribution in [0.25, 0.3) is 0 Å². The molecule has 1 atom stereocenters. The zero-order chi connectivity index (χ0) is 18.3. The van der Waals surface area contributed by atoms with Gasteiger partial charge in [0.1, 0.15) is 23.9 Å². The first-order valence-corrected chi connectivity index (χ1v) is 9.22. The molecule has 3 heterocycles. The smallest absolute Gasteiger partial charge is 0.270 e. The Morgan fingerprint density at radius 2 is 2.04 bits per heavy atom. The highest BCUT2D eigenvalue weighted by atomic mass is 79.9. The number of fused-ring (bicyclic) bond motifs is 1. The lowest BCUT2D eigenvalue weighted by atomic mass is 10.1. The minimum atomic E-state index is -0.411. The second-order valence-corrected chi connectivity index (χ2v) is 7.30. The topological polar surface area (TPSA) is 74.4 Å². The minimum Gasteiger partial charge on any atom is -0.491 e. The van der Waals surface area contributed by atoms with Crippen molar-refractivity contribution in [2.24, 2.45) is 0 Å². The van der Waals surface area contributed by atoms with Gasteiger partial charge in [-0.25, -0.2) is 4.39 Å². The lowest BCUT2D eigenvalue weighted by Crippen LogP contribution is -2.29. The van der Waals surface area contributed by atoms with Crippen LogP contribution in [0.15, 0.2) is 28.9 Å². The van der Waals surface area contributed by atoms with Gasteiger partial charge in [0.25, 0.3) is 11.8 Å². The largest absolute Gasteiger partial charge is 0.491 e. The van der Waals surface area contributed by atoms with E-state index in [1.807, 2.05) is 0 Å². The predicted octanol–water partition coefficient (Wildman–Crippen LogP) is 3.02. The monoisotopic (exact) mass is 421 g/mol. The molecule has 2 aliphatic heterocycles. The fourth-order valence-corrected chi connectivity index (χ4v) is 3.67. The van der Waals surface area contributed by atoms with Crippen molar-refractivity contribution >= 4 is 27.7 Å². The van der Waals surface area contributed by atoms with Crippen LogP contribution in [0.1, 0.15) is 45.3 Å². The van der Waals surface area contributed by atoms with Gasteiger partial charge in [-0.1, -0.05) is 0 Å². The molecule has 2 amide bonds. The molecule has 0 spiro atoms. The molecule has 1 aromatic heterocycles. The molecule has 0 aliphatic carbocycles. The number of carbonyl (C=O) groups is 2. The van der Waals surface area contributed by atoms with Crippen LogP contribution in [-0.4, -0.2) is 41.4 Å². The second kappa shape index (κ2) is 6.75. The minimum absolute atomic E-state index is 0.0875. The molecule has 4 rings (SSSR count). The number of carbonyl (C=O) groups excluding carboxylic acids is 2. The van der Waals surface area contributed by atoms with Crippen molar-refractivity contribution in [2.75, 3.05) is 19.7 Å². The number of nitrogens with zero attached hydrogens (tertiary/aromatic N) is 1. The molecular formula is C18H17BrFN3O3. The van der Waals surface area contributed by atoms with Crippen LogP contribution in [-0.2, 0) is 0 Å². The van der Waals surface area contributed by atoms with Crippen LogP contribution in [0.5, 0.6) is 5.75 Å². The first-order chi connectivity index (χ1) is 12.5. The van der Waals surface area contributed by atoms with E-state index in [9.17, 15) is 14.0 Å². The molecule has 26 heavy (non-hydrogen) atoms. The second-order valence-electron chi connectivity index (χ2n) is 6.44. The molecule has 2 N–H and O–H groups in total. The molecule has 8 heteroatoms. The molecule has 0 saturated carbocycles. The number of aromatic nitrogens is 1. The lowest BCUT2D eigenvalue weighted by Gasteiger charge is -2.13. The Morgan fingerprint density at radius 3 is 2.81 bits per heavy atom. The molecule has 1 aromatic carbocycles. The highest BCUT2D eigenvalue weighted by Crippen LogP contribution is 2.36. The lowest BCUT2D eigenvalue weighted by molar-refractivity contribution is 0.0787. The third kappa shape index (κ3) is 3.09. The molecule has 6 nitrogen and oxygen atoms in total. The fourth-order valence-electron chi connectivity index (χ4n) is 3.30. The van der Waals surface area contributed by atoms with Crippen LogP contribution in [0.4, 0.5) is 4.39 Å². The molecule has 136 valence electrons. The van der Waals surface area contributed by atoms with Crippen LogP contribution in [0.2, 0.25) is 0 Å². The van der Waals surface area contributed by atoms with Gasteiger partial charge in [-0.2, -0.15) is 0 Å². The number of aromatic amines is 1. The van der Waals surface area contributed by atoms with Gasteiger partial charge < -0.3 is 19.9 Å². The summed E-state index contributed by atoms with van der Waals surface area (Å²) >= 11 is 3.15. The van der Waals surface area contributed by atoms with Crippen molar-refractivity contribution in [1.82, 2.24) is 15.2 Å². The summed E-state index contributed by atoms with van der Waals surface area (Å²) in [5, 5.41) is 2.87. The molecule has 1 saturated heterocycles. The number of benzene rings is 1. The number of ether oxygens (including phenoxy) is 1. The number of halogens is 2. The Bertz CT molecular complexity index is 877. The summed E-state index contributed by atoms with van der Waals surface area (Å²) in [6, 6.07) is 4.10. The van der Waals surface area contributed by atoms with Crippen molar-refractivity contribution in [2.45, 2.75) is 18.9 Å². The number of rotatable bonds is 3. The van der Waals surface area contributed by atoms with Crippen molar-refractivity contribution in [1.29, 1.82) is 0 Å². The van der Waals surface area contributed by atoms with E-state index < -0.39 is 5.82 Å². The van der Waals surface area contributed by atoms with Gasteiger partial charge in [0.05, 0.1) is 16.1 Å². The van der Waals surface area contributed by atoms with Crippen molar-refractivity contribution < 1.29 is 18.7 Å². The van der Waals surface area contributed by atoms with Crippen LogP contribution < -0.4 is 10.1 Å². The van der Waals surface area contributed by atoms with Crippen molar-refractivity contribution in [3.8, 4) is 5.75 Å². The summed E-state index contributed by atoms with van der Waals surface area (Å²) in [4.78, 5) is 29.5. The maximum absolute atomic E-state index is 13.6.